The van der Waals surface area contributed by atoms with E-state index in [0.29, 0.717) is 11.5 Å². The van der Waals surface area contributed by atoms with Crippen molar-refractivity contribution in [3.05, 3.63) is 29.5 Å². The molecule has 0 unspecified atom stereocenters. The Hall–Kier alpha value is -2.53. The average molecular weight is 537 g/mol. The van der Waals surface area contributed by atoms with Gasteiger partial charge >= 0.3 is 5.88 Å². The maximum Gasteiger partial charge on any atom is 0.324 e. The minimum Gasteiger partial charge on any atom is -0.861 e. The van der Waals surface area contributed by atoms with Gasteiger partial charge in [0.25, 0.3) is 12.1 Å². The molecule has 1 aromatic heterocycles. The second kappa shape index (κ2) is 11.7. The molecule has 0 aliphatic heterocycles. The lowest BCUT2D eigenvalue weighted by molar-refractivity contribution is -0.746. The first-order valence-electron chi connectivity index (χ1n) is 11.6. The molecule has 0 aliphatic rings. The molecule has 11 heteroatoms. The zero-order valence-electron chi connectivity index (χ0n) is 22.4. The van der Waals surface area contributed by atoms with Gasteiger partial charge in [0, 0.05) is 28.7 Å². The lowest BCUT2D eigenvalue weighted by Crippen LogP contribution is -2.59. The molecule has 2 rings (SSSR count). The Morgan fingerprint density at radius 3 is 2.25 bits per heavy atom. The smallest absolute Gasteiger partial charge is 0.324 e. The van der Waals surface area contributed by atoms with E-state index in [1.54, 1.807) is 14.0 Å². The van der Waals surface area contributed by atoms with Crippen LogP contribution in [0.5, 0.6) is 5.75 Å². The number of nitrogens with zero attached hydrogens (tertiary/aromatic N) is 4. The number of thioether (sulfide) groups is 2. The Balaban J connectivity index is 2.14. The van der Waals surface area contributed by atoms with Crippen molar-refractivity contribution in [2.45, 2.75) is 71.1 Å². The molecule has 1 N–H and O–H groups in total. The maximum atomic E-state index is 12.9. The topological polar surface area (TPSA) is 123 Å². The second-order valence-electron chi connectivity index (χ2n) is 10.7. The van der Waals surface area contributed by atoms with Gasteiger partial charge in [-0.2, -0.15) is 0 Å². The van der Waals surface area contributed by atoms with Gasteiger partial charge in [-0.1, -0.05) is 65.2 Å². The van der Waals surface area contributed by atoms with Gasteiger partial charge in [0.05, 0.1) is 17.6 Å². The molecule has 1 amide bonds. The number of amides is 1. The van der Waals surface area contributed by atoms with Crippen molar-refractivity contribution in [1.29, 1.82) is 0 Å². The summed E-state index contributed by atoms with van der Waals surface area (Å²) in [4.78, 5) is 29.9. The van der Waals surface area contributed by atoms with Crippen molar-refractivity contribution in [3.8, 4) is 5.75 Å². The van der Waals surface area contributed by atoms with E-state index in [9.17, 15) is 19.8 Å². The summed E-state index contributed by atoms with van der Waals surface area (Å²) in [6.45, 7) is 15.4. The number of aliphatic imine (C=N–C) groups is 1. The molecule has 1 atom stereocenters. The molecular formula is C25H36N4O5S2. The van der Waals surface area contributed by atoms with E-state index in [-0.39, 0.29) is 33.5 Å². The third-order valence-corrected chi connectivity index (χ3v) is 7.39. The Bertz CT molecular complexity index is 1100. The number of carbonyl (C=O) groups excluding carboxylic acids is 2. The summed E-state index contributed by atoms with van der Waals surface area (Å²) in [5.41, 5.74) is 1.13. The molecule has 198 valence electrons. The highest BCUT2D eigenvalue weighted by atomic mass is 32.2. The van der Waals surface area contributed by atoms with Crippen LogP contribution in [0.1, 0.15) is 66.5 Å². The summed E-state index contributed by atoms with van der Waals surface area (Å²) in [7, 11) is 1.54. The highest BCUT2D eigenvalue weighted by molar-refractivity contribution is 8.13. The number of phenolic OH excluding ortho intramolecular Hbond substituents is 1. The van der Waals surface area contributed by atoms with E-state index in [4.69, 9.17) is 4.52 Å². The van der Waals surface area contributed by atoms with Gasteiger partial charge in [-0.05, 0) is 34.8 Å². The highest BCUT2D eigenvalue weighted by Crippen LogP contribution is 2.41. The highest BCUT2D eigenvalue weighted by Gasteiger charge is 2.28. The first-order valence-corrected chi connectivity index (χ1v) is 13.5. The summed E-state index contributed by atoms with van der Waals surface area (Å²) in [5.74, 6) is -0.435. The fourth-order valence-electron chi connectivity index (χ4n) is 3.14. The van der Waals surface area contributed by atoms with Crippen LogP contribution < -0.4 is 14.9 Å². The lowest BCUT2D eigenvalue weighted by Gasteiger charge is -2.28. The third-order valence-electron chi connectivity index (χ3n) is 5.35. The van der Waals surface area contributed by atoms with Crippen molar-refractivity contribution in [3.63, 3.8) is 0 Å². The fraction of sp³-hybridized carbons (Fsp3) is 0.560. The van der Waals surface area contributed by atoms with E-state index in [0.717, 1.165) is 27.8 Å². The first-order chi connectivity index (χ1) is 16.5. The van der Waals surface area contributed by atoms with Crippen molar-refractivity contribution in [1.82, 2.24) is 5.27 Å². The largest absolute Gasteiger partial charge is 0.861 e. The first kappa shape index (κ1) is 29.7. The molecule has 9 nitrogen and oxygen atoms in total. The van der Waals surface area contributed by atoms with E-state index >= 15 is 0 Å². The number of hydrogen-bond donors (Lipinski definition) is 1. The van der Waals surface area contributed by atoms with E-state index in [2.05, 4.69) is 10.3 Å². The SMILES string of the molecule is CC(=O)SC[C@@H](C)C([O-])=Nc1c[n+](N(C)C(=O)CSc2cc(C(C)(C)C)c(O)c(C(C)(C)C)c2)no1. The number of aromatic nitrogens is 2. The van der Waals surface area contributed by atoms with Crippen molar-refractivity contribution < 1.29 is 29.1 Å². The summed E-state index contributed by atoms with van der Waals surface area (Å²) in [6, 6.07) is 3.86. The molecule has 36 heavy (non-hydrogen) atoms. The van der Waals surface area contributed by atoms with Crippen LogP contribution in [-0.4, -0.2) is 45.9 Å². The van der Waals surface area contributed by atoms with Crippen LogP contribution in [0.4, 0.5) is 5.88 Å². The van der Waals surface area contributed by atoms with Gasteiger partial charge < -0.3 is 10.2 Å². The molecule has 0 radical (unpaired) electrons. The third kappa shape index (κ3) is 7.99. The predicted octanol–water partition coefficient (Wildman–Crippen LogP) is 3.46. The van der Waals surface area contributed by atoms with Gasteiger partial charge in [0.2, 0.25) is 5.27 Å². The van der Waals surface area contributed by atoms with Gasteiger partial charge in [-0.3, -0.25) is 14.1 Å². The van der Waals surface area contributed by atoms with Crippen LogP contribution in [0.3, 0.4) is 0 Å². The zero-order valence-corrected chi connectivity index (χ0v) is 24.0. The van der Waals surface area contributed by atoms with Crippen LogP contribution in [0, 0.1) is 5.92 Å². The summed E-state index contributed by atoms with van der Waals surface area (Å²) in [5, 5.41) is 28.1. The molecule has 0 aliphatic carbocycles. The summed E-state index contributed by atoms with van der Waals surface area (Å²) in [6.07, 6.45) is 1.35. The molecule has 0 bridgehead atoms. The molecule has 2 aromatic rings. The second-order valence-corrected chi connectivity index (χ2v) is 12.9. The minimum atomic E-state index is -0.463. The maximum absolute atomic E-state index is 12.9. The molecule has 0 saturated heterocycles. The van der Waals surface area contributed by atoms with Crippen molar-refractivity contribution in [2.24, 2.45) is 10.9 Å². The minimum absolute atomic E-state index is 0.0323. The van der Waals surface area contributed by atoms with Crippen molar-refractivity contribution >= 4 is 46.3 Å². The van der Waals surface area contributed by atoms with Gasteiger partial charge in [0.15, 0.2) is 5.12 Å². The van der Waals surface area contributed by atoms with Gasteiger partial charge in [0.1, 0.15) is 5.75 Å². The molecule has 0 fully saturated rings. The zero-order chi connectivity index (χ0) is 27.4. The van der Waals surface area contributed by atoms with E-state index in [1.165, 1.54) is 34.7 Å². The number of phenols is 1. The van der Waals surface area contributed by atoms with E-state index in [1.807, 2.05) is 53.7 Å². The monoisotopic (exact) mass is 536 g/mol. The van der Waals surface area contributed by atoms with Crippen molar-refractivity contribution in [2.75, 3.05) is 23.6 Å². The fourth-order valence-corrected chi connectivity index (χ4v) is 4.65. The quantitative estimate of drug-likeness (QED) is 0.236. The number of aromatic hydroxyl groups is 1. The van der Waals surface area contributed by atoms with Crippen LogP contribution >= 0.6 is 23.5 Å². The summed E-state index contributed by atoms with van der Waals surface area (Å²) >= 11 is 2.43. The standard InChI is InChI=1S/C25H36N4O5S2/c1-15(13-35-16(2)30)23(33)26-20-12-29(27-34-20)28(9)21(31)14-36-17-10-18(24(3,4)5)22(32)19(11-17)25(6,7)8/h10-12,15H,13-14H2,1-9H3,(H-,26,27,32,33)/t15-/m1/s1. The average Bonchev–Trinajstić information content (AvgIpc) is 3.22. The Kier molecular flexibility index (Phi) is 9.64. The van der Waals surface area contributed by atoms with Crippen LogP contribution in [0.15, 0.2) is 32.7 Å². The lowest BCUT2D eigenvalue weighted by atomic mass is 9.79. The molecule has 0 spiro atoms. The summed E-state index contributed by atoms with van der Waals surface area (Å²) < 4.78 is 5.09. The molecular weight excluding hydrogens is 500 g/mol. The van der Waals surface area contributed by atoms with Crippen LogP contribution in [0.25, 0.3) is 0 Å². The Morgan fingerprint density at radius 2 is 1.75 bits per heavy atom. The van der Waals surface area contributed by atoms with Gasteiger partial charge in [-0.15, -0.1) is 11.8 Å². The van der Waals surface area contributed by atoms with Crippen LogP contribution in [0.2, 0.25) is 0 Å². The number of carbonyl (C=O) groups is 2. The van der Waals surface area contributed by atoms with Crippen LogP contribution in [-0.2, 0) is 20.4 Å². The Labute approximate surface area is 221 Å². The Morgan fingerprint density at radius 1 is 1.19 bits per heavy atom. The number of rotatable bonds is 8. The normalized spacial score (nSPS) is 13.5. The molecule has 0 saturated carbocycles. The van der Waals surface area contributed by atoms with E-state index < -0.39 is 11.8 Å². The molecule has 1 heterocycles. The van der Waals surface area contributed by atoms with Gasteiger partial charge in [-0.25, -0.2) is 4.99 Å². The number of benzene rings is 1. The number of hydrogen-bond acceptors (Lipinski definition) is 9. The predicted molar refractivity (Wildman–Crippen MR) is 141 cm³/mol. The molecule has 1 aromatic carbocycles.